The van der Waals surface area contributed by atoms with Gasteiger partial charge in [0.15, 0.2) is 0 Å². The lowest BCUT2D eigenvalue weighted by Crippen LogP contribution is -2.23. The Morgan fingerprint density at radius 1 is 1.57 bits per heavy atom. The zero-order valence-electron chi connectivity index (χ0n) is 10.8. The minimum absolute atomic E-state index is 0.181. The predicted octanol–water partition coefficient (Wildman–Crippen LogP) is 1.61. The quantitative estimate of drug-likeness (QED) is 0.385. The molecule has 21 heavy (non-hydrogen) atoms. The third kappa shape index (κ3) is 3.65. The van der Waals surface area contributed by atoms with E-state index in [1.165, 1.54) is 12.1 Å². The van der Waals surface area contributed by atoms with E-state index in [4.69, 9.17) is 5.26 Å². The molecule has 2 atom stereocenters. The number of aromatic amines is 1. The Balaban J connectivity index is 2.45. The number of aromatic nitrogens is 1. The Bertz CT molecular complexity index is 733. The van der Waals surface area contributed by atoms with E-state index in [2.05, 4.69) is 32.2 Å². The molecule has 7 heteroatoms. The second kappa shape index (κ2) is 6.33. The van der Waals surface area contributed by atoms with E-state index >= 15 is 0 Å². The molecule has 0 aromatic carbocycles. The molecule has 0 saturated carbocycles. The largest absolute Gasteiger partial charge is 0.352 e. The number of halogens is 3. The van der Waals surface area contributed by atoms with Crippen molar-refractivity contribution in [1.82, 2.24) is 4.98 Å². The topological polar surface area (TPSA) is 65.9 Å². The highest BCUT2D eigenvalue weighted by atomic mass is 79.9. The minimum atomic E-state index is -2.87. The number of nitrogens with zero attached hydrogens (tertiary/aromatic N) is 1. The SMILES string of the molecule is C=C(C#N)C(=O)c1cc2c([nH]1)=CC(Br)CC(OC(F)F)C=2. The molecule has 0 radical (unpaired) electrons. The van der Waals surface area contributed by atoms with Crippen LogP contribution in [-0.4, -0.2) is 28.3 Å². The molecule has 1 aromatic rings. The van der Waals surface area contributed by atoms with Gasteiger partial charge in [0.2, 0.25) is 5.78 Å². The summed E-state index contributed by atoms with van der Waals surface area (Å²) in [7, 11) is 0. The summed E-state index contributed by atoms with van der Waals surface area (Å²) < 4.78 is 29.3. The van der Waals surface area contributed by atoms with Crippen molar-refractivity contribution in [3.8, 4) is 6.07 Å². The fraction of sp³-hybridized carbons (Fsp3) is 0.286. The first-order valence-electron chi connectivity index (χ1n) is 6.05. The Hall–Kier alpha value is -1.78. The Kier molecular flexibility index (Phi) is 4.70. The molecular formula is C14H11BrF2N2O2. The van der Waals surface area contributed by atoms with Crippen LogP contribution in [0.1, 0.15) is 16.9 Å². The number of hydrogen-bond acceptors (Lipinski definition) is 3. The van der Waals surface area contributed by atoms with Gasteiger partial charge < -0.3 is 9.72 Å². The number of ketones is 1. The molecule has 1 aliphatic carbocycles. The first-order chi connectivity index (χ1) is 9.90. The number of Topliss-reactive ketones (excluding diaryl/α,β-unsaturated/α-hetero) is 1. The smallest absolute Gasteiger partial charge is 0.345 e. The molecule has 2 unspecified atom stereocenters. The number of allylic oxidation sites excluding steroid dienone is 1. The summed E-state index contributed by atoms with van der Waals surface area (Å²) in [6.07, 6.45) is 2.87. The molecule has 0 fully saturated rings. The third-order valence-corrected chi connectivity index (χ3v) is 3.62. The van der Waals surface area contributed by atoms with Gasteiger partial charge in [0.1, 0.15) is 6.07 Å². The lowest BCUT2D eigenvalue weighted by molar-refractivity contribution is -0.146. The number of carbonyl (C=O) groups is 1. The van der Waals surface area contributed by atoms with Crippen LogP contribution in [0, 0.1) is 11.3 Å². The van der Waals surface area contributed by atoms with E-state index in [0.717, 1.165) is 0 Å². The van der Waals surface area contributed by atoms with Gasteiger partial charge >= 0.3 is 6.61 Å². The van der Waals surface area contributed by atoms with Crippen LogP contribution in [0.3, 0.4) is 0 Å². The Morgan fingerprint density at radius 3 is 2.90 bits per heavy atom. The van der Waals surface area contributed by atoms with Crippen molar-refractivity contribution >= 4 is 33.9 Å². The first kappa shape index (κ1) is 15.6. The standard InChI is InChI=1S/C14H11BrF2N2O2/c1-7(6-18)13(20)12-3-8-2-10(21-14(16)17)4-9(15)5-11(8)19-12/h2-3,5,9-10,14,19H,1,4H2. The molecule has 0 bridgehead atoms. The van der Waals surface area contributed by atoms with Crippen molar-refractivity contribution in [3.05, 3.63) is 34.5 Å². The van der Waals surface area contributed by atoms with Crippen molar-refractivity contribution in [2.45, 2.75) is 24.0 Å². The summed E-state index contributed by atoms with van der Waals surface area (Å²) in [5.74, 6) is -0.523. The normalized spacial score (nSPS) is 20.7. The second-order valence-corrected chi connectivity index (χ2v) is 5.67. The van der Waals surface area contributed by atoms with Crippen molar-refractivity contribution < 1.29 is 18.3 Å². The first-order valence-corrected chi connectivity index (χ1v) is 6.96. The Morgan fingerprint density at radius 2 is 2.29 bits per heavy atom. The molecular weight excluding hydrogens is 346 g/mol. The summed E-state index contributed by atoms with van der Waals surface area (Å²) >= 11 is 3.35. The van der Waals surface area contributed by atoms with E-state index in [1.54, 1.807) is 12.1 Å². The van der Waals surface area contributed by atoms with Gasteiger partial charge in [-0.15, -0.1) is 0 Å². The van der Waals surface area contributed by atoms with Gasteiger partial charge in [-0.05, 0) is 29.9 Å². The molecule has 1 aromatic heterocycles. The van der Waals surface area contributed by atoms with Crippen LogP contribution in [0.4, 0.5) is 8.78 Å². The molecule has 0 saturated heterocycles. The fourth-order valence-corrected chi connectivity index (χ4v) is 2.70. The van der Waals surface area contributed by atoms with E-state index in [1.807, 2.05) is 0 Å². The van der Waals surface area contributed by atoms with Crippen molar-refractivity contribution in [2.75, 3.05) is 0 Å². The highest BCUT2D eigenvalue weighted by molar-refractivity contribution is 9.09. The highest BCUT2D eigenvalue weighted by Gasteiger charge is 2.20. The van der Waals surface area contributed by atoms with Gasteiger partial charge in [0, 0.05) is 10.2 Å². The van der Waals surface area contributed by atoms with Crippen LogP contribution < -0.4 is 10.6 Å². The average molecular weight is 357 g/mol. The maximum Gasteiger partial charge on any atom is 0.345 e. The lowest BCUT2D eigenvalue weighted by atomic mass is 10.1. The molecule has 1 heterocycles. The van der Waals surface area contributed by atoms with Crippen molar-refractivity contribution in [2.24, 2.45) is 0 Å². The number of rotatable bonds is 4. The van der Waals surface area contributed by atoms with Gasteiger partial charge in [-0.1, -0.05) is 22.5 Å². The van der Waals surface area contributed by atoms with Crippen LogP contribution >= 0.6 is 15.9 Å². The number of fused-ring (bicyclic) bond motifs is 1. The Labute approximate surface area is 127 Å². The van der Waals surface area contributed by atoms with Crippen LogP contribution in [-0.2, 0) is 4.74 Å². The van der Waals surface area contributed by atoms with Gasteiger partial charge in [0.05, 0.1) is 17.4 Å². The molecule has 110 valence electrons. The third-order valence-electron chi connectivity index (χ3n) is 2.98. The zero-order chi connectivity index (χ0) is 15.6. The van der Waals surface area contributed by atoms with Crippen LogP contribution in [0.2, 0.25) is 0 Å². The van der Waals surface area contributed by atoms with Crippen LogP contribution in [0.15, 0.2) is 18.2 Å². The monoisotopic (exact) mass is 356 g/mol. The maximum atomic E-state index is 12.4. The molecule has 0 spiro atoms. The predicted molar refractivity (Wildman–Crippen MR) is 76.3 cm³/mol. The number of hydrogen-bond donors (Lipinski definition) is 1. The minimum Gasteiger partial charge on any atom is -0.352 e. The van der Waals surface area contributed by atoms with E-state index in [9.17, 15) is 13.6 Å². The molecule has 0 aliphatic heterocycles. The number of nitrogens with one attached hydrogen (secondary N) is 1. The van der Waals surface area contributed by atoms with Gasteiger partial charge in [0.25, 0.3) is 0 Å². The van der Waals surface area contributed by atoms with Gasteiger partial charge in [-0.2, -0.15) is 14.0 Å². The maximum absolute atomic E-state index is 12.4. The molecule has 2 rings (SSSR count). The number of H-pyrrole nitrogens is 1. The number of alkyl halides is 3. The molecule has 1 N–H and O–H groups in total. The van der Waals surface area contributed by atoms with E-state index in [0.29, 0.717) is 17.0 Å². The summed E-state index contributed by atoms with van der Waals surface area (Å²) in [6.45, 7) is 0.490. The fourth-order valence-electron chi connectivity index (χ4n) is 2.06. The number of carbonyl (C=O) groups excluding carboxylic acids is 1. The molecule has 4 nitrogen and oxygen atoms in total. The molecule has 0 amide bonds. The summed E-state index contributed by atoms with van der Waals surface area (Å²) in [6, 6.07) is 3.19. The van der Waals surface area contributed by atoms with E-state index < -0.39 is 18.5 Å². The zero-order valence-corrected chi connectivity index (χ0v) is 12.4. The van der Waals surface area contributed by atoms with Crippen molar-refractivity contribution in [1.29, 1.82) is 5.26 Å². The number of ether oxygens (including phenoxy) is 1. The van der Waals surface area contributed by atoms with Gasteiger partial charge in [-0.3, -0.25) is 4.79 Å². The summed E-state index contributed by atoms with van der Waals surface area (Å²) in [5.41, 5.74) is -0.00127. The highest BCUT2D eigenvalue weighted by Crippen LogP contribution is 2.17. The second-order valence-electron chi connectivity index (χ2n) is 4.49. The lowest BCUT2D eigenvalue weighted by Gasteiger charge is -2.13. The van der Waals surface area contributed by atoms with E-state index in [-0.39, 0.29) is 16.1 Å². The average Bonchev–Trinajstić information content (AvgIpc) is 2.72. The summed E-state index contributed by atoms with van der Waals surface area (Å²) in [5, 5.41) is 9.88. The van der Waals surface area contributed by atoms with Gasteiger partial charge in [-0.25, -0.2) is 0 Å². The van der Waals surface area contributed by atoms with Crippen molar-refractivity contribution in [3.63, 3.8) is 0 Å². The molecule has 1 aliphatic rings. The van der Waals surface area contributed by atoms with Crippen LogP contribution in [0.25, 0.3) is 12.2 Å². The van der Waals surface area contributed by atoms with Crippen LogP contribution in [0.5, 0.6) is 0 Å². The summed E-state index contributed by atoms with van der Waals surface area (Å²) in [4.78, 5) is 14.6. The number of nitriles is 1.